The van der Waals surface area contributed by atoms with Crippen LogP contribution in [0, 0.1) is 23.0 Å². The molecule has 82 valence electrons. The summed E-state index contributed by atoms with van der Waals surface area (Å²) in [5.41, 5.74) is 7.77. The number of nitrogens with zero attached hydrogens (tertiary/aromatic N) is 1. The van der Waals surface area contributed by atoms with Crippen LogP contribution in [0.5, 0.6) is 0 Å². The van der Waals surface area contributed by atoms with Crippen LogP contribution in [0.4, 0.5) is 5.69 Å². The number of benzene rings is 1. The van der Waals surface area contributed by atoms with Crippen LogP contribution >= 0.6 is 0 Å². The highest BCUT2D eigenvalue weighted by atomic mass is 16.6. The number of nitro groups is 1. The SMILES string of the molecule is Cc1cc(C(N)C(C)C)cc([N+](=O)[O-])c1. The van der Waals surface area contributed by atoms with Crippen molar-refractivity contribution in [2.75, 3.05) is 0 Å². The molecule has 0 saturated carbocycles. The second-order valence-corrected chi connectivity index (χ2v) is 4.13. The molecule has 0 radical (unpaired) electrons. The Morgan fingerprint density at radius 1 is 1.33 bits per heavy atom. The van der Waals surface area contributed by atoms with Crippen LogP contribution in [0.1, 0.15) is 31.0 Å². The maximum absolute atomic E-state index is 10.7. The zero-order valence-electron chi connectivity index (χ0n) is 9.23. The fourth-order valence-electron chi connectivity index (χ4n) is 1.47. The molecule has 0 aliphatic heterocycles. The molecule has 0 aliphatic carbocycles. The van der Waals surface area contributed by atoms with E-state index in [2.05, 4.69) is 0 Å². The minimum Gasteiger partial charge on any atom is -0.324 e. The molecule has 0 amide bonds. The summed E-state index contributed by atoms with van der Waals surface area (Å²) < 4.78 is 0. The predicted molar refractivity (Wildman–Crippen MR) is 59.6 cm³/mol. The van der Waals surface area contributed by atoms with Gasteiger partial charge in [0.15, 0.2) is 0 Å². The van der Waals surface area contributed by atoms with Gasteiger partial charge in [-0.2, -0.15) is 0 Å². The highest BCUT2D eigenvalue weighted by Crippen LogP contribution is 2.24. The molecule has 0 aliphatic rings. The molecule has 4 heteroatoms. The van der Waals surface area contributed by atoms with Gasteiger partial charge in [0, 0.05) is 18.2 Å². The first-order chi connectivity index (χ1) is 6.91. The summed E-state index contributed by atoms with van der Waals surface area (Å²) in [6.45, 7) is 5.83. The maximum atomic E-state index is 10.7. The number of nitro benzene ring substituents is 1. The fraction of sp³-hybridized carbons (Fsp3) is 0.455. The topological polar surface area (TPSA) is 69.2 Å². The van der Waals surface area contributed by atoms with E-state index in [0.29, 0.717) is 0 Å². The minimum atomic E-state index is -0.385. The second-order valence-electron chi connectivity index (χ2n) is 4.13. The van der Waals surface area contributed by atoms with Crippen molar-refractivity contribution in [2.24, 2.45) is 11.7 Å². The summed E-state index contributed by atoms with van der Waals surface area (Å²) in [4.78, 5) is 10.3. The summed E-state index contributed by atoms with van der Waals surface area (Å²) in [6.07, 6.45) is 0. The Balaban J connectivity index is 3.14. The van der Waals surface area contributed by atoms with Gasteiger partial charge in [-0.15, -0.1) is 0 Å². The minimum absolute atomic E-state index is 0.112. The van der Waals surface area contributed by atoms with Gasteiger partial charge in [-0.05, 0) is 24.0 Å². The summed E-state index contributed by atoms with van der Waals surface area (Å²) in [7, 11) is 0. The van der Waals surface area contributed by atoms with E-state index >= 15 is 0 Å². The van der Waals surface area contributed by atoms with Gasteiger partial charge in [0.2, 0.25) is 0 Å². The quantitative estimate of drug-likeness (QED) is 0.613. The van der Waals surface area contributed by atoms with Gasteiger partial charge >= 0.3 is 0 Å². The van der Waals surface area contributed by atoms with Crippen molar-refractivity contribution in [1.29, 1.82) is 0 Å². The van der Waals surface area contributed by atoms with Gasteiger partial charge < -0.3 is 5.73 Å². The monoisotopic (exact) mass is 208 g/mol. The number of nitrogens with two attached hydrogens (primary N) is 1. The third kappa shape index (κ3) is 2.76. The van der Waals surface area contributed by atoms with Gasteiger partial charge in [0.1, 0.15) is 0 Å². The normalized spacial score (nSPS) is 12.9. The molecule has 0 bridgehead atoms. The molecule has 0 heterocycles. The Kier molecular flexibility index (Phi) is 3.42. The maximum Gasteiger partial charge on any atom is 0.270 e. The van der Waals surface area contributed by atoms with E-state index < -0.39 is 0 Å². The fourth-order valence-corrected chi connectivity index (χ4v) is 1.47. The number of rotatable bonds is 3. The van der Waals surface area contributed by atoms with E-state index in [-0.39, 0.29) is 22.6 Å². The Hall–Kier alpha value is -1.42. The van der Waals surface area contributed by atoms with E-state index in [1.165, 1.54) is 0 Å². The van der Waals surface area contributed by atoms with Gasteiger partial charge in [-0.25, -0.2) is 0 Å². The molecule has 2 N–H and O–H groups in total. The highest BCUT2D eigenvalue weighted by Gasteiger charge is 2.15. The number of non-ortho nitro benzene ring substituents is 1. The zero-order chi connectivity index (χ0) is 11.6. The summed E-state index contributed by atoms with van der Waals surface area (Å²) in [5, 5.41) is 10.7. The smallest absolute Gasteiger partial charge is 0.270 e. The molecule has 1 atom stereocenters. The number of aryl methyl sites for hydroxylation is 1. The molecule has 1 unspecified atom stereocenters. The largest absolute Gasteiger partial charge is 0.324 e. The van der Waals surface area contributed by atoms with Crippen LogP contribution in [0.25, 0.3) is 0 Å². The lowest BCUT2D eigenvalue weighted by Gasteiger charge is -2.16. The molecular weight excluding hydrogens is 192 g/mol. The van der Waals surface area contributed by atoms with Gasteiger partial charge in [0.25, 0.3) is 5.69 Å². The zero-order valence-corrected chi connectivity index (χ0v) is 9.23. The Morgan fingerprint density at radius 3 is 2.40 bits per heavy atom. The summed E-state index contributed by atoms with van der Waals surface area (Å²) in [6, 6.07) is 4.86. The molecule has 1 rings (SSSR count). The highest BCUT2D eigenvalue weighted by molar-refractivity contribution is 5.40. The molecule has 1 aromatic carbocycles. The van der Waals surface area contributed by atoms with Crippen molar-refractivity contribution in [3.8, 4) is 0 Å². The summed E-state index contributed by atoms with van der Waals surface area (Å²) in [5.74, 6) is 0.270. The van der Waals surface area contributed by atoms with Crippen molar-refractivity contribution in [3.63, 3.8) is 0 Å². The Labute approximate surface area is 89.2 Å². The van der Waals surface area contributed by atoms with Crippen LogP contribution in [0.3, 0.4) is 0 Å². The van der Waals surface area contributed by atoms with Crippen molar-refractivity contribution in [2.45, 2.75) is 26.8 Å². The lowest BCUT2D eigenvalue weighted by Crippen LogP contribution is -2.16. The molecule has 0 saturated heterocycles. The third-order valence-electron chi connectivity index (χ3n) is 2.40. The first-order valence-electron chi connectivity index (χ1n) is 4.93. The Bertz CT molecular complexity index is 375. The molecule has 4 nitrogen and oxygen atoms in total. The number of hydrogen-bond donors (Lipinski definition) is 1. The molecular formula is C11H16N2O2. The molecule has 0 spiro atoms. The summed E-state index contributed by atoms with van der Waals surface area (Å²) >= 11 is 0. The molecule has 1 aromatic rings. The lowest BCUT2D eigenvalue weighted by atomic mass is 9.95. The molecule has 0 aromatic heterocycles. The van der Waals surface area contributed by atoms with Gasteiger partial charge in [0.05, 0.1) is 4.92 Å². The first-order valence-corrected chi connectivity index (χ1v) is 4.93. The van der Waals surface area contributed by atoms with Crippen LogP contribution in [0.15, 0.2) is 18.2 Å². The molecule has 0 fully saturated rings. The standard InChI is InChI=1S/C11H16N2O2/c1-7(2)11(12)9-4-8(3)5-10(6-9)13(14)15/h4-7,11H,12H2,1-3H3. The van der Waals surface area contributed by atoms with Gasteiger partial charge in [-0.3, -0.25) is 10.1 Å². The van der Waals surface area contributed by atoms with Crippen molar-refractivity contribution in [3.05, 3.63) is 39.4 Å². The van der Waals surface area contributed by atoms with Crippen LogP contribution in [0.2, 0.25) is 0 Å². The van der Waals surface area contributed by atoms with Gasteiger partial charge in [-0.1, -0.05) is 19.9 Å². The van der Waals surface area contributed by atoms with E-state index in [1.54, 1.807) is 12.1 Å². The third-order valence-corrected chi connectivity index (χ3v) is 2.40. The van der Waals surface area contributed by atoms with E-state index in [0.717, 1.165) is 11.1 Å². The average molecular weight is 208 g/mol. The predicted octanol–water partition coefficient (Wildman–Crippen LogP) is 2.56. The van der Waals surface area contributed by atoms with E-state index in [1.807, 2.05) is 26.8 Å². The van der Waals surface area contributed by atoms with Crippen molar-refractivity contribution in [1.82, 2.24) is 0 Å². The Morgan fingerprint density at radius 2 is 1.93 bits per heavy atom. The van der Waals surface area contributed by atoms with E-state index in [4.69, 9.17) is 5.73 Å². The lowest BCUT2D eigenvalue weighted by molar-refractivity contribution is -0.385. The van der Waals surface area contributed by atoms with Crippen molar-refractivity contribution >= 4 is 5.69 Å². The van der Waals surface area contributed by atoms with E-state index in [9.17, 15) is 10.1 Å². The van der Waals surface area contributed by atoms with Crippen molar-refractivity contribution < 1.29 is 4.92 Å². The average Bonchev–Trinajstić information content (AvgIpc) is 2.15. The second kappa shape index (κ2) is 4.40. The molecule has 15 heavy (non-hydrogen) atoms. The van der Waals surface area contributed by atoms with Crippen LogP contribution < -0.4 is 5.73 Å². The van der Waals surface area contributed by atoms with Crippen LogP contribution in [-0.2, 0) is 0 Å². The number of hydrogen-bond acceptors (Lipinski definition) is 3. The first kappa shape index (κ1) is 11.7. The van der Waals surface area contributed by atoms with Crippen LogP contribution in [-0.4, -0.2) is 4.92 Å².